The zero-order valence-corrected chi connectivity index (χ0v) is 10.6. The highest BCUT2D eigenvalue weighted by atomic mass is 32.1. The van der Waals surface area contributed by atoms with Crippen molar-refractivity contribution in [2.24, 2.45) is 0 Å². The van der Waals surface area contributed by atoms with Crippen molar-refractivity contribution in [3.8, 4) is 12.1 Å². The third kappa shape index (κ3) is 13.2. The van der Waals surface area contributed by atoms with Crippen LogP contribution in [-0.4, -0.2) is 18.1 Å². The standard InChI is InChI=1S/C8H14N4S.C2H6/c1-8(13,11-6-2-4-9)12-7-3-5-10;1-2/h11-13H,2-3,6-7H2,1H3;1-2H3. The topological polar surface area (TPSA) is 71.6 Å². The van der Waals surface area contributed by atoms with E-state index in [9.17, 15) is 0 Å². The lowest BCUT2D eigenvalue weighted by Gasteiger charge is -2.25. The molecule has 5 heteroatoms. The molecule has 0 rings (SSSR count). The average Bonchev–Trinajstić information content (AvgIpc) is 2.21. The average molecular weight is 228 g/mol. The van der Waals surface area contributed by atoms with Gasteiger partial charge in [-0.25, -0.2) is 0 Å². The molecule has 0 aromatic rings. The molecule has 86 valence electrons. The predicted octanol–water partition coefficient (Wildman–Crippen LogP) is 1.62. The summed E-state index contributed by atoms with van der Waals surface area (Å²) in [5.74, 6) is 0. The molecule has 2 N–H and O–H groups in total. The summed E-state index contributed by atoms with van der Waals surface area (Å²) >= 11 is 4.29. The Morgan fingerprint density at radius 1 is 1.07 bits per heavy atom. The minimum absolute atomic E-state index is 0.454. The maximum absolute atomic E-state index is 8.30. The lowest BCUT2D eigenvalue weighted by atomic mass is 10.4. The highest BCUT2D eigenvalue weighted by Gasteiger charge is 2.15. The number of thiol groups is 1. The first-order valence-corrected chi connectivity index (χ1v) is 5.53. The van der Waals surface area contributed by atoms with E-state index in [1.165, 1.54) is 0 Å². The third-order valence-corrected chi connectivity index (χ3v) is 1.73. The Kier molecular flexibility index (Phi) is 12.6. The van der Waals surface area contributed by atoms with Crippen LogP contribution in [0, 0.1) is 22.7 Å². The Labute approximate surface area is 98.1 Å². The van der Waals surface area contributed by atoms with Gasteiger partial charge in [-0.3, -0.25) is 10.6 Å². The van der Waals surface area contributed by atoms with Gasteiger partial charge in [0.1, 0.15) is 4.99 Å². The van der Waals surface area contributed by atoms with Crippen molar-refractivity contribution in [3.05, 3.63) is 0 Å². The van der Waals surface area contributed by atoms with Crippen molar-refractivity contribution in [2.75, 3.05) is 13.1 Å². The molecule has 0 bridgehead atoms. The minimum Gasteiger partial charge on any atom is -0.290 e. The minimum atomic E-state index is -0.506. The van der Waals surface area contributed by atoms with E-state index in [1.807, 2.05) is 32.9 Å². The van der Waals surface area contributed by atoms with E-state index in [1.54, 1.807) is 0 Å². The van der Waals surface area contributed by atoms with Gasteiger partial charge < -0.3 is 0 Å². The maximum Gasteiger partial charge on any atom is 0.111 e. The first kappa shape index (κ1) is 16.7. The van der Waals surface area contributed by atoms with Crippen molar-refractivity contribution in [3.63, 3.8) is 0 Å². The molecule has 0 spiro atoms. The maximum atomic E-state index is 8.30. The van der Waals surface area contributed by atoms with Crippen LogP contribution in [-0.2, 0) is 0 Å². The van der Waals surface area contributed by atoms with Crippen molar-refractivity contribution in [1.82, 2.24) is 10.6 Å². The lowest BCUT2D eigenvalue weighted by Crippen LogP contribution is -2.50. The van der Waals surface area contributed by atoms with Crippen LogP contribution in [0.1, 0.15) is 33.6 Å². The van der Waals surface area contributed by atoms with Crippen LogP contribution in [0.3, 0.4) is 0 Å². The van der Waals surface area contributed by atoms with Gasteiger partial charge in [0.25, 0.3) is 0 Å². The molecule has 0 radical (unpaired) electrons. The zero-order valence-electron chi connectivity index (χ0n) is 9.67. The molecule has 0 aromatic heterocycles. The van der Waals surface area contributed by atoms with Crippen LogP contribution in [0.15, 0.2) is 0 Å². The number of hydrogen-bond acceptors (Lipinski definition) is 5. The fraction of sp³-hybridized carbons (Fsp3) is 0.800. The van der Waals surface area contributed by atoms with Gasteiger partial charge >= 0.3 is 0 Å². The lowest BCUT2D eigenvalue weighted by molar-refractivity contribution is 0.424. The Morgan fingerprint density at radius 2 is 1.40 bits per heavy atom. The van der Waals surface area contributed by atoms with E-state index in [-0.39, 0.29) is 0 Å². The molecule has 0 aliphatic rings. The quantitative estimate of drug-likeness (QED) is 0.367. The summed E-state index contributed by atoms with van der Waals surface area (Å²) in [5.41, 5.74) is 0. The molecule has 0 amide bonds. The number of hydrogen-bond donors (Lipinski definition) is 3. The van der Waals surface area contributed by atoms with E-state index >= 15 is 0 Å². The molecule has 0 aliphatic heterocycles. The van der Waals surface area contributed by atoms with Gasteiger partial charge in [0, 0.05) is 25.9 Å². The molecule has 0 fully saturated rings. The second-order valence-corrected chi connectivity index (χ2v) is 3.64. The van der Waals surface area contributed by atoms with Crippen molar-refractivity contribution in [1.29, 1.82) is 10.5 Å². The number of nitrogens with zero attached hydrogens (tertiary/aromatic N) is 2. The summed E-state index contributed by atoms with van der Waals surface area (Å²) in [6.45, 7) is 7.04. The smallest absolute Gasteiger partial charge is 0.111 e. The highest BCUT2D eigenvalue weighted by Crippen LogP contribution is 2.03. The summed E-state index contributed by atoms with van der Waals surface area (Å²) in [7, 11) is 0. The molecule has 4 nitrogen and oxygen atoms in total. The van der Waals surface area contributed by atoms with Crippen molar-refractivity contribution >= 4 is 12.6 Å². The van der Waals surface area contributed by atoms with Crippen LogP contribution in [0.25, 0.3) is 0 Å². The van der Waals surface area contributed by atoms with Crippen LogP contribution < -0.4 is 10.6 Å². The molecule has 0 aliphatic carbocycles. The van der Waals surface area contributed by atoms with Crippen LogP contribution in [0.2, 0.25) is 0 Å². The second kappa shape index (κ2) is 11.3. The van der Waals surface area contributed by atoms with E-state index in [4.69, 9.17) is 10.5 Å². The van der Waals surface area contributed by atoms with E-state index in [0.717, 1.165) is 0 Å². The van der Waals surface area contributed by atoms with Gasteiger partial charge in [-0.1, -0.05) is 13.8 Å². The number of rotatable bonds is 6. The summed E-state index contributed by atoms with van der Waals surface area (Å²) < 4.78 is 0. The highest BCUT2D eigenvalue weighted by molar-refractivity contribution is 7.81. The van der Waals surface area contributed by atoms with Gasteiger partial charge in [0.2, 0.25) is 0 Å². The van der Waals surface area contributed by atoms with Gasteiger partial charge in [-0.15, -0.1) is 12.6 Å². The summed E-state index contributed by atoms with van der Waals surface area (Å²) in [4.78, 5) is -0.506. The molecule has 0 saturated heterocycles. The van der Waals surface area contributed by atoms with Gasteiger partial charge in [-0.2, -0.15) is 10.5 Å². The van der Waals surface area contributed by atoms with Gasteiger partial charge in [-0.05, 0) is 6.92 Å². The molecular weight excluding hydrogens is 208 g/mol. The van der Waals surface area contributed by atoms with E-state index in [2.05, 4.69) is 23.3 Å². The van der Waals surface area contributed by atoms with Crippen LogP contribution >= 0.6 is 12.6 Å². The van der Waals surface area contributed by atoms with Gasteiger partial charge in [0.15, 0.2) is 0 Å². The Balaban J connectivity index is 0. The second-order valence-electron chi connectivity index (χ2n) is 2.74. The van der Waals surface area contributed by atoms with Gasteiger partial charge in [0.05, 0.1) is 12.1 Å². The van der Waals surface area contributed by atoms with Crippen LogP contribution in [0.4, 0.5) is 0 Å². The Hall–Kier alpha value is -0.750. The first-order valence-electron chi connectivity index (χ1n) is 5.09. The Morgan fingerprint density at radius 3 is 1.67 bits per heavy atom. The fourth-order valence-electron chi connectivity index (χ4n) is 0.786. The normalized spacial score (nSPS) is 9.47. The summed E-state index contributed by atoms with van der Waals surface area (Å²) in [6, 6.07) is 4.06. The molecule has 0 aromatic carbocycles. The molecule has 0 saturated carbocycles. The molecule has 15 heavy (non-hydrogen) atoms. The SMILES string of the molecule is CC.CC(S)(NCCC#N)NCCC#N. The van der Waals surface area contributed by atoms with E-state index < -0.39 is 4.99 Å². The molecule has 0 atom stereocenters. The number of nitriles is 2. The predicted molar refractivity (Wildman–Crippen MR) is 65.2 cm³/mol. The van der Waals surface area contributed by atoms with Crippen LogP contribution in [0.5, 0.6) is 0 Å². The molecule has 0 unspecified atom stereocenters. The van der Waals surface area contributed by atoms with Crippen molar-refractivity contribution < 1.29 is 0 Å². The molecule has 0 heterocycles. The summed E-state index contributed by atoms with van der Waals surface area (Å²) in [5, 5.41) is 22.7. The third-order valence-electron chi connectivity index (χ3n) is 1.41. The zero-order chi connectivity index (χ0) is 12.2. The Bertz CT molecular complexity index is 192. The van der Waals surface area contributed by atoms with Crippen molar-refractivity contribution in [2.45, 2.75) is 38.6 Å². The first-order chi connectivity index (χ1) is 7.12. The fourth-order valence-corrected chi connectivity index (χ4v) is 1.01. The monoisotopic (exact) mass is 228 g/mol. The molecular formula is C10H20N4S. The largest absolute Gasteiger partial charge is 0.290 e. The summed E-state index contributed by atoms with van der Waals surface area (Å²) in [6.07, 6.45) is 0.909. The number of nitrogens with one attached hydrogen (secondary N) is 2. The van der Waals surface area contributed by atoms with E-state index in [0.29, 0.717) is 25.9 Å².